The van der Waals surface area contributed by atoms with Crippen LogP contribution in [0.2, 0.25) is 0 Å². The summed E-state index contributed by atoms with van der Waals surface area (Å²) in [7, 11) is 0. The number of hydrogen-bond acceptors (Lipinski definition) is 7. The van der Waals surface area contributed by atoms with Crippen molar-refractivity contribution in [2.24, 2.45) is 0 Å². The van der Waals surface area contributed by atoms with Gasteiger partial charge in [0.15, 0.2) is 11.2 Å². The average Bonchev–Trinajstić information content (AvgIpc) is 4.03. The van der Waals surface area contributed by atoms with Crippen molar-refractivity contribution < 1.29 is 13.6 Å². The van der Waals surface area contributed by atoms with Crippen LogP contribution in [0.15, 0.2) is 184 Å². The second-order valence-electron chi connectivity index (χ2n) is 14.8. The van der Waals surface area contributed by atoms with Crippen molar-refractivity contribution in [2.45, 2.75) is 10.8 Å². The Labute approximate surface area is 347 Å². The predicted octanol–water partition coefficient (Wildman–Crippen LogP) is 15.0. The van der Waals surface area contributed by atoms with Crippen molar-refractivity contribution in [3.05, 3.63) is 187 Å². The third-order valence-corrected chi connectivity index (χ3v) is 13.6. The van der Waals surface area contributed by atoms with E-state index in [0.717, 1.165) is 78.2 Å². The second kappa shape index (κ2) is 13.6. The lowest BCUT2D eigenvalue weighted by Crippen LogP contribution is -2.13. The van der Waals surface area contributed by atoms with Crippen molar-refractivity contribution >= 4 is 65.5 Å². The highest BCUT2D eigenvalue weighted by atomic mass is 32.2. The van der Waals surface area contributed by atoms with Gasteiger partial charge in [-0.25, -0.2) is 9.97 Å². The predicted molar refractivity (Wildman–Crippen MR) is 242 cm³/mol. The normalized spacial score (nSPS) is 13.5. The summed E-state index contributed by atoms with van der Waals surface area (Å²) in [5.74, 6) is 2.43. The summed E-state index contributed by atoms with van der Waals surface area (Å²) >= 11 is 3.65. The first kappa shape index (κ1) is 34.1. The van der Waals surface area contributed by atoms with Gasteiger partial charge in [0, 0.05) is 47.7 Å². The van der Waals surface area contributed by atoms with Gasteiger partial charge in [-0.15, -0.1) is 23.1 Å². The Morgan fingerprint density at radius 3 is 1.90 bits per heavy atom. The van der Waals surface area contributed by atoms with Gasteiger partial charge in [-0.05, 0) is 88.7 Å². The largest absolute Gasteiger partial charge is 0.456 e. The molecule has 59 heavy (non-hydrogen) atoms. The van der Waals surface area contributed by atoms with Crippen LogP contribution in [0.1, 0.15) is 22.6 Å². The summed E-state index contributed by atoms with van der Waals surface area (Å²) in [6.45, 7) is 0. The molecule has 1 atom stereocenters. The molecule has 5 nitrogen and oxygen atoms in total. The van der Waals surface area contributed by atoms with Crippen LogP contribution in [-0.4, -0.2) is 16.2 Å². The lowest BCUT2D eigenvalue weighted by molar-refractivity contribution is 0.451. The van der Waals surface area contributed by atoms with Crippen molar-refractivity contribution in [2.75, 3.05) is 6.26 Å². The lowest BCUT2D eigenvalue weighted by Gasteiger charge is -2.31. The molecule has 4 heterocycles. The Morgan fingerprint density at radius 1 is 0.508 bits per heavy atom. The molecule has 0 bridgehead atoms. The molecule has 0 radical (unpaired) electrons. The molecule has 280 valence electrons. The number of hydrogen-bond donors (Lipinski definition) is 0. The van der Waals surface area contributed by atoms with Gasteiger partial charge in [0.1, 0.15) is 22.5 Å². The molecule has 1 unspecified atom stereocenters. The summed E-state index contributed by atoms with van der Waals surface area (Å²) in [4.78, 5) is 11.3. The average molecular weight is 797 g/mol. The van der Waals surface area contributed by atoms with Crippen LogP contribution in [0.4, 0.5) is 0 Å². The number of aromatic nitrogens is 2. The second-order valence-corrected chi connectivity index (χ2v) is 16.7. The van der Waals surface area contributed by atoms with E-state index in [-0.39, 0.29) is 5.92 Å². The Bertz CT molecular complexity index is 3420. The maximum Gasteiger partial charge on any atom is 0.231 e. The molecule has 12 rings (SSSR count). The van der Waals surface area contributed by atoms with E-state index in [4.69, 9.17) is 23.5 Å². The highest BCUT2D eigenvalue weighted by molar-refractivity contribution is 7.99. The molecule has 0 amide bonds. The van der Waals surface area contributed by atoms with Crippen LogP contribution in [0.5, 0.6) is 11.5 Å². The minimum Gasteiger partial charge on any atom is -0.456 e. The first-order valence-corrected chi connectivity index (χ1v) is 21.6. The fraction of sp³-hybridized carbons (Fsp3) is 0.0385. The molecule has 0 aliphatic carbocycles. The summed E-state index contributed by atoms with van der Waals surface area (Å²) < 4.78 is 22.5. The summed E-state index contributed by atoms with van der Waals surface area (Å²) in [6, 6.07) is 59.0. The zero-order chi connectivity index (χ0) is 39.0. The van der Waals surface area contributed by atoms with Crippen molar-refractivity contribution in [3.8, 4) is 56.7 Å². The monoisotopic (exact) mass is 796 g/mol. The topological polar surface area (TPSA) is 61.3 Å². The number of para-hydroxylation sites is 1. The molecule has 1 aliphatic heterocycles. The molecule has 0 saturated heterocycles. The third-order valence-electron chi connectivity index (χ3n) is 11.4. The first-order valence-electron chi connectivity index (χ1n) is 19.5. The lowest BCUT2D eigenvalue weighted by atomic mass is 9.81. The van der Waals surface area contributed by atoms with Crippen LogP contribution in [0, 0.1) is 0 Å². The number of benzene rings is 8. The molecular weight excluding hydrogens is 765 g/mol. The van der Waals surface area contributed by atoms with Crippen molar-refractivity contribution in [1.29, 1.82) is 0 Å². The molecule has 0 N–H and O–H groups in total. The maximum absolute atomic E-state index is 6.97. The molecule has 3 aromatic heterocycles. The molecule has 11 aromatic rings. The standard InChI is InChI=1S/C52H32N2O3S2/c1-58-49-38(23-22-36-35-15-8-9-18-46(35)59-50(36)49)47-37-16-10-17-39(52-54-42-29-33(20-26-45(42)57-52)31-13-6-3-7-14-31)48(37)55-43-24-21-34(27-40(43)47)51-53-41-28-32(19-25-44(41)56-51)30-11-4-2-5-12-30/h2-29,47H,1H3. The number of ether oxygens (including phenoxy) is 1. The van der Waals surface area contributed by atoms with Gasteiger partial charge in [-0.1, -0.05) is 115 Å². The van der Waals surface area contributed by atoms with Crippen LogP contribution in [-0.2, 0) is 0 Å². The van der Waals surface area contributed by atoms with Crippen LogP contribution in [0.3, 0.4) is 0 Å². The van der Waals surface area contributed by atoms with Gasteiger partial charge in [0.05, 0.1) is 5.56 Å². The zero-order valence-electron chi connectivity index (χ0n) is 31.7. The molecule has 7 heteroatoms. The van der Waals surface area contributed by atoms with Crippen molar-refractivity contribution in [1.82, 2.24) is 9.97 Å². The number of fused-ring (bicyclic) bond motifs is 7. The molecule has 0 saturated carbocycles. The van der Waals surface area contributed by atoms with E-state index < -0.39 is 0 Å². The SMILES string of the molecule is CSc1c(C2c3cc(-c4nc5cc(-c6ccccc6)ccc5o4)ccc3Oc3c(-c4nc5cc(-c6ccccc6)ccc5o4)cccc32)ccc2c1sc1ccccc12. The van der Waals surface area contributed by atoms with Crippen molar-refractivity contribution in [3.63, 3.8) is 0 Å². The highest BCUT2D eigenvalue weighted by Gasteiger charge is 2.34. The van der Waals surface area contributed by atoms with E-state index in [1.807, 2.05) is 59.9 Å². The van der Waals surface area contributed by atoms with Gasteiger partial charge in [-0.3, -0.25) is 0 Å². The van der Waals surface area contributed by atoms with Gasteiger partial charge in [0.25, 0.3) is 0 Å². The molecular formula is C52H32N2O3S2. The van der Waals surface area contributed by atoms with Crippen LogP contribution in [0.25, 0.3) is 87.5 Å². The van der Waals surface area contributed by atoms with E-state index in [9.17, 15) is 0 Å². The third kappa shape index (κ3) is 5.61. The van der Waals surface area contributed by atoms with E-state index in [1.165, 1.54) is 30.6 Å². The Hall–Kier alpha value is -6.93. The van der Waals surface area contributed by atoms with Crippen LogP contribution < -0.4 is 4.74 Å². The number of thioether (sulfide) groups is 1. The van der Waals surface area contributed by atoms with Crippen LogP contribution >= 0.6 is 23.1 Å². The highest BCUT2D eigenvalue weighted by Crippen LogP contribution is 2.54. The quantitative estimate of drug-likeness (QED) is 0.156. The maximum atomic E-state index is 6.97. The molecule has 0 spiro atoms. The minimum atomic E-state index is -0.172. The summed E-state index contributed by atoms with van der Waals surface area (Å²) in [5.41, 5.74) is 12.5. The number of oxazole rings is 2. The van der Waals surface area contributed by atoms with Gasteiger partial charge in [-0.2, -0.15) is 0 Å². The Balaban J connectivity index is 1.03. The number of thiophene rings is 1. The number of nitrogens with zero attached hydrogens (tertiary/aromatic N) is 2. The molecule has 1 aliphatic rings. The number of rotatable bonds is 6. The molecule has 8 aromatic carbocycles. The summed E-state index contributed by atoms with van der Waals surface area (Å²) in [6.07, 6.45) is 2.18. The van der Waals surface area contributed by atoms with E-state index >= 15 is 0 Å². The minimum absolute atomic E-state index is 0.172. The van der Waals surface area contributed by atoms with E-state index in [2.05, 4.69) is 128 Å². The van der Waals surface area contributed by atoms with E-state index in [0.29, 0.717) is 11.8 Å². The fourth-order valence-electron chi connectivity index (χ4n) is 8.61. The smallest absolute Gasteiger partial charge is 0.231 e. The molecule has 0 fully saturated rings. The van der Waals surface area contributed by atoms with Gasteiger partial charge < -0.3 is 13.6 Å². The fourth-order valence-corrected chi connectivity index (χ4v) is 10.9. The van der Waals surface area contributed by atoms with E-state index in [1.54, 1.807) is 11.8 Å². The summed E-state index contributed by atoms with van der Waals surface area (Å²) in [5, 5.41) is 2.56. The Kier molecular flexibility index (Phi) is 7.86. The Morgan fingerprint density at radius 2 is 1.17 bits per heavy atom. The zero-order valence-corrected chi connectivity index (χ0v) is 33.3. The van der Waals surface area contributed by atoms with Gasteiger partial charge >= 0.3 is 0 Å². The first-order chi connectivity index (χ1) is 29.2. The van der Waals surface area contributed by atoms with Gasteiger partial charge in [0.2, 0.25) is 11.8 Å².